The third kappa shape index (κ3) is 5.10. The number of rotatable bonds is 7. The number of urea groups is 1. The first kappa shape index (κ1) is 17.0. The minimum absolute atomic E-state index is 0.0484. The smallest absolute Gasteiger partial charge is 0.319 e. The number of aromatic nitrogens is 2. The molecule has 6 heteroatoms. The molecule has 1 atom stereocenters. The Hall–Kier alpha value is -2.34. The van der Waals surface area contributed by atoms with Crippen molar-refractivity contribution in [2.45, 2.75) is 38.8 Å². The highest BCUT2D eigenvalue weighted by Crippen LogP contribution is 2.15. The van der Waals surface area contributed by atoms with Gasteiger partial charge in [-0.2, -0.15) is 5.10 Å². The molecule has 0 bridgehead atoms. The van der Waals surface area contributed by atoms with Gasteiger partial charge in [-0.3, -0.25) is 4.68 Å². The molecule has 2 rings (SSSR count). The van der Waals surface area contributed by atoms with E-state index in [0.29, 0.717) is 13.0 Å². The van der Waals surface area contributed by atoms with Gasteiger partial charge in [0, 0.05) is 30.2 Å². The monoisotopic (exact) mass is 316 g/mol. The number of carbonyl (C=O) groups is 1. The number of hydrogen-bond acceptors (Lipinski definition) is 3. The van der Waals surface area contributed by atoms with Gasteiger partial charge < -0.3 is 15.7 Å². The second kappa shape index (κ2) is 7.78. The quantitative estimate of drug-likeness (QED) is 0.734. The summed E-state index contributed by atoms with van der Waals surface area (Å²) in [4.78, 5) is 12.1. The van der Waals surface area contributed by atoms with Crippen LogP contribution in [-0.2, 0) is 6.54 Å². The van der Waals surface area contributed by atoms with E-state index in [9.17, 15) is 4.79 Å². The van der Waals surface area contributed by atoms with Crippen LogP contribution in [0.1, 0.15) is 32.3 Å². The first-order valence-electron chi connectivity index (χ1n) is 7.81. The van der Waals surface area contributed by atoms with Crippen LogP contribution in [-0.4, -0.2) is 33.1 Å². The molecule has 6 nitrogen and oxygen atoms in total. The maximum absolute atomic E-state index is 12.1. The van der Waals surface area contributed by atoms with Gasteiger partial charge in [-0.1, -0.05) is 19.1 Å². The number of aliphatic hydroxyl groups excluding tert-OH is 1. The van der Waals surface area contributed by atoms with Gasteiger partial charge >= 0.3 is 6.03 Å². The lowest BCUT2D eigenvalue weighted by Gasteiger charge is -2.29. The van der Waals surface area contributed by atoms with Crippen molar-refractivity contribution in [3.63, 3.8) is 0 Å². The maximum atomic E-state index is 12.1. The third-order valence-corrected chi connectivity index (χ3v) is 3.97. The fourth-order valence-corrected chi connectivity index (χ4v) is 2.29. The van der Waals surface area contributed by atoms with Gasteiger partial charge in [0.1, 0.15) is 0 Å². The van der Waals surface area contributed by atoms with Gasteiger partial charge in [0.25, 0.3) is 0 Å². The van der Waals surface area contributed by atoms with E-state index in [4.69, 9.17) is 5.11 Å². The van der Waals surface area contributed by atoms with Crippen molar-refractivity contribution >= 4 is 11.7 Å². The highest BCUT2D eigenvalue weighted by atomic mass is 16.3. The zero-order valence-corrected chi connectivity index (χ0v) is 13.6. The molecule has 0 spiro atoms. The largest absolute Gasteiger partial charge is 0.396 e. The summed E-state index contributed by atoms with van der Waals surface area (Å²) in [6, 6.07) is 9.29. The van der Waals surface area contributed by atoms with Crippen LogP contribution in [0.4, 0.5) is 10.5 Å². The van der Waals surface area contributed by atoms with Crippen molar-refractivity contribution in [3.8, 4) is 0 Å². The summed E-state index contributed by atoms with van der Waals surface area (Å²) < 4.78 is 1.84. The zero-order chi connectivity index (χ0) is 16.7. The average molecular weight is 316 g/mol. The number of nitrogens with one attached hydrogen (secondary N) is 2. The van der Waals surface area contributed by atoms with E-state index < -0.39 is 5.54 Å². The number of benzene rings is 1. The highest BCUT2D eigenvalue weighted by molar-refractivity contribution is 5.89. The lowest BCUT2D eigenvalue weighted by Crippen LogP contribution is -2.48. The molecule has 2 aromatic rings. The molecular formula is C17H24N4O2. The molecule has 1 unspecified atom stereocenters. The lowest BCUT2D eigenvalue weighted by molar-refractivity contribution is 0.208. The molecule has 124 valence electrons. The Morgan fingerprint density at radius 2 is 2.09 bits per heavy atom. The predicted octanol–water partition coefficient (Wildman–Crippen LogP) is 2.60. The first-order chi connectivity index (χ1) is 11.0. The fourth-order valence-electron chi connectivity index (χ4n) is 2.29. The van der Waals surface area contributed by atoms with Crippen LogP contribution in [0, 0.1) is 0 Å². The van der Waals surface area contributed by atoms with Crippen LogP contribution in [0.2, 0.25) is 0 Å². The van der Waals surface area contributed by atoms with E-state index in [1.165, 1.54) is 0 Å². The van der Waals surface area contributed by atoms with Gasteiger partial charge in [-0.15, -0.1) is 0 Å². The number of hydrogen-bond donors (Lipinski definition) is 3. The van der Waals surface area contributed by atoms with Gasteiger partial charge in [0.05, 0.1) is 6.54 Å². The molecule has 0 fully saturated rings. The number of aliphatic hydroxyl groups is 1. The van der Waals surface area contributed by atoms with Crippen molar-refractivity contribution in [1.29, 1.82) is 0 Å². The summed E-state index contributed by atoms with van der Waals surface area (Å²) in [6.07, 6.45) is 4.94. The van der Waals surface area contributed by atoms with E-state index in [0.717, 1.165) is 17.7 Å². The van der Waals surface area contributed by atoms with E-state index in [2.05, 4.69) is 15.7 Å². The summed E-state index contributed by atoms with van der Waals surface area (Å²) in [7, 11) is 0. The van der Waals surface area contributed by atoms with E-state index in [1.54, 1.807) is 6.20 Å². The molecule has 1 aromatic carbocycles. The molecule has 0 saturated heterocycles. The first-order valence-corrected chi connectivity index (χ1v) is 7.81. The highest BCUT2D eigenvalue weighted by Gasteiger charge is 2.23. The van der Waals surface area contributed by atoms with Crippen LogP contribution in [0.5, 0.6) is 0 Å². The van der Waals surface area contributed by atoms with Crippen molar-refractivity contribution in [3.05, 3.63) is 48.3 Å². The van der Waals surface area contributed by atoms with Crippen LogP contribution in [0.3, 0.4) is 0 Å². The molecule has 23 heavy (non-hydrogen) atoms. The second-order valence-corrected chi connectivity index (χ2v) is 5.87. The molecule has 1 heterocycles. The Balaban J connectivity index is 1.91. The van der Waals surface area contributed by atoms with Gasteiger partial charge in [-0.25, -0.2) is 4.79 Å². The van der Waals surface area contributed by atoms with Crippen molar-refractivity contribution in [2.24, 2.45) is 0 Å². The summed E-state index contributed by atoms with van der Waals surface area (Å²) in [5, 5.41) is 19.0. The van der Waals surface area contributed by atoms with E-state index >= 15 is 0 Å². The van der Waals surface area contributed by atoms with Crippen LogP contribution in [0.25, 0.3) is 0 Å². The molecular weight excluding hydrogens is 292 g/mol. The standard InChI is InChI=1S/C17H24N4O2/c1-3-17(2,9-12-22)20-16(23)19-15-7-5-14(6-8-15)13-21-11-4-10-18-21/h4-8,10-11,22H,3,9,12-13H2,1-2H3,(H2,19,20,23). The van der Waals surface area contributed by atoms with Crippen LogP contribution < -0.4 is 10.6 Å². The molecule has 0 aliphatic rings. The molecule has 1 aromatic heterocycles. The fraction of sp³-hybridized carbons (Fsp3) is 0.412. The predicted molar refractivity (Wildman–Crippen MR) is 90.3 cm³/mol. The summed E-state index contributed by atoms with van der Waals surface area (Å²) in [6.45, 7) is 4.66. The van der Waals surface area contributed by atoms with Gasteiger partial charge in [-0.05, 0) is 43.5 Å². The summed E-state index contributed by atoms with van der Waals surface area (Å²) in [5.74, 6) is 0. The second-order valence-electron chi connectivity index (χ2n) is 5.87. The van der Waals surface area contributed by atoms with Gasteiger partial charge in [0.2, 0.25) is 0 Å². The molecule has 0 radical (unpaired) electrons. The maximum Gasteiger partial charge on any atom is 0.319 e. The van der Waals surface area contributed by atoms with Crippen LogP contribution in [0.15, 0.2) is 42.7 Å². The SMILES string of the molecule is CCC(C)(CCO)NC(=O)Nc1ccc(Cn2cccn2)cc1. The van der Waals surface area contributed by atoms with Crippen molar-refractivity contribution in [1.82, 2.24) is 15.1 Å². The molecule has 3 N–H and O–H groups in total. The summed E-state index contributed by atoms with van der Waals surface area (Å²) in [5.41, 5.74) is 1.44. The lowest BCUT2D eigenvalue weighted by atomic mass is 9.95. The minimum atomic E-state index is -0.404. The number of carbonyl (C=O) groups excluding carboxylic acids is 1. The van der Waals surface area contributed by atoms with E-state index in [-0.39, 0.29) is 12.6 Å². The Kier molecular flexibility index (Phi) is 5.76. The topological polar surface area (TPSA) is 79.2 Å². The molecule has 0 aliphatic heterocycles. The number of anilines is 1. The average Bonchev–Trinajstić information content (AvgIpc) is 3.02. The zero-order valence-electron chi connectivity index (χ0n) is 13.6. The minimum Gasteiger partial charge on any atom is -0.396 e. The Bertz CT molecular complexity index is 610. The third-order valence-electron chi connectivity index (χ3n) is 3.97. The molecule has 2 amide bonds. The van der Waals surface area contributed by atoms with Crippen molar-refractivity contribution in [2.75, 3.05) is 11.9 Å². The Labute approximate surface area is 136 Å². The van der Waals surface area contributed by atoms with E-state index in [1.807, 2.05) is 55.1 Å². The van der Waals surface area contributed by atoms with Crippen LogP contribution >= 0.6 is 0 Å². The van der Waals surface area contributed by atoms with Gasteiger partial charge in [0.15, 0.2) is 0 Å². The Morgan fingerprint density at radius 3 is 2.65 bits per heavy atom. The molecule has 0 saturated carbocycles. The summed E-state index contributed by atoms with van der Waals surface area (Å²) >= 11 is 0. The number of nitrogens with zero attached hydrogens (tertiary/aromatic N) is 2. The normalized spacial score (nSPS) is 13.3. The number of amides is 2. The van der Waals surface area contributed by atoms with Crippen molar-refractivity contribution < 1.29 is 9.90 Å². The molecule has 0 aliphatic carbocycles. The Morgan fingerprint density at radius 1 is 1.35 bits per heavy atom.